The molecule has 1 aliphatic carbocycles. The first-order chi connectivity index (χ1) is 7.38. The molecule has 1 fully saturated rings. The third-order valence-corrected chi connectivity index (χ3v) is 4.22. The van der Waals surface area contributed by atoms with Gasteiger partial charge in [0.15, 0.2) is 0 Å². The van der Waals surface area contributed by atoms with E-state index in [2.05, 4.69) is 18.5 Å². The van der Waals surface area contributed by atoms with Crippen LogP contribution < -0.4 is 5.32 Å². The molecular weight excluding hydrogens is 202 g/mol. The molecule has 1 nitrogen and oxygen atoms in total. The van der Waals surface area contributed by atoms with Gasteiger partial charge in [0.05, 0.1) is 0 Å². The van der Waals surface area contributed by atoms with E-state index in [0.29, 0.717) is 0 Å². The normalized spacial score (nSPS) is 26.0. The van der Waals surface area contributed by atoms with E-state index in [1.165, 1.54) is 57.2 Å². The minimum Gasteiger partial charge on any atom is -0.314 e. The first kappa shape index (κ1) is 13.4. The summed E-state index contributed by atoms with van der Waals surface area (Å²) in [6, 6.07) is 0.846. The highest BCUT2D eigenvalue weighted by atomic mass is 32.2. The first-order valence-corrected chi connectivity index (χ1v) is 8.00. The Labute approximate surface area is 99.8 Å². The summed E-state index contributed by atoms with van der Waals surface area (Å²) in [5.41, 5.74) is 0. The molecule has 1 rings (SSSR count). The van der Waals surface area contributed by atoms with Crippen LogP contribution in [0.2, 0.25) is 0 Å². The van der Waals surface area contributed by atoms with Crippen molar-refractivity contribution < 1.29 is 0 Å². The summed E-state index contributed by atoms with van der Waals surface area (Å²) in [4.78, 5) is 0. The van der Waals surface area contributed by atoms with Crippen LogP contribution in [-0.2, 0) is 0 Å². The van der Waals surface area contributed by atoms with Gasteiger partial charge in [0.25, 0.3) is 0 Å². The van der Waals surface area contributed by atoms with Gasteiger partial charge in [-0.1, -0.05) is 26.2 Å². The molecule has 0 saturated heterocycles. The summed E-state index contributed by atoms with van der Waals surface area (Å²) in [6.45, 7) is 3.53. The van der Waals surface area contributed by atoms with Gasteiger partial charge < -0.3 is 5.32 Å². The maximum absolute atomic E-state index is 3.76. The fraction of sp³-hybridized carbons (Fsp3) is 1.00. The average Bonchev–Trinajstić information content (AvgIpc) is 2.69. The minimum atomic E-state index is 0.846. The van der Waals surface area contributed by atoms with E-state index in [1.807, 2.05) is 11.8 Å². The summed E-state index contributed by atoms with van der Waals surface area (Å²) in [5, 5.41) is 3.76. The summed E-state index contributed by atoms with van der Waals surface area (Å²) in [6.07, 6.45) is 12.1. The van der Waals surface area contributed by atoms with Crippen molar-refractivity contribution >= 4 is 11.8 Å². The van der Waals surface area contributed by atoms with Gasteiger partial charge in [0.2, 0.25) is 0 Å². The van der Waals surface area contributed by atoms with E-state index in [9.17, 15) is 0 Å². The second kappa shape index (κ2) is 8.46. The number of unbranched alkanes of at least 4 members (excludes halogenated alkanes) is 1. The van der Waals surface area contributed by atoms with E-state index in [4.69, 9.17) is 0 Å². The van der Waals surface area contributed by atoms with Crippen molar-refractivity contribution in [1.82, 2.24) is 5.32 Å². The van der Waals surface area contributed by atoms with Crippen LogP contribution >= 0.6 is 11.8 Å². The van der Waals surface area contributed by atoms with Crippen LogP contribution in [0.15, 0.2) is 0 Å². The van der Waals surface area contributed by atoms with Crippen molar-refractivity contribution in [3.8, 4) is 0 Å². The molecule has 0 aromatic carbocycles. The Morgan fingerprint density at radius 2 is 2.13 bits per heavy atom. The molecule has 0 bridgehead atoms. The molecule has 2 atom stereocenters. The zero-order valence-electron chi connectivity index (χ0n) is 10.4. The van der Waals surface area contributed by atoms with E-state index < -0.39 is 0 Å². The average molecular weight is 229 g/mol. The fourth-order valence-corrected chi connectivity index (χ4v) is 3.05. The van der Waals surface area contributed by atoms with Crippen LogP contribution in [0, 0.1) is 5.92 Å². The monoisotopic (exact) mass is 229 g/mol. The minimum absolute atomic E-state index is 0.846. The molecule has 90 valence electrons. The molecule has 0 aromatic heterocycles. The number of nitrogens with one attached hydrogen (secondary N) is 1. The van der Waals surface area contributed by atoms with Crippen molar-refractivity contribution in [2.75, 3.05) is 18.6 Å². The smallest absolute Gasteiger partial charge is 0.00953 e. The van der Waals surface area contributed by atoms with Gasteiger partial charge >= 0.3 is 0 Å². The second-order valence-corrected chi connectivity index (χ2v) is 5.73. The van der Waals surface area contributed by atoms with E-state index in [-0.39, 0.29) is 0 Å². The van der Waals surface area contributed by atoms with Gasteiger partial charge in [0, 0.05) is 6.04 Å². The maximum atomic E-state index is 3.76. The molecule has 0 radical (unpaired) electrons. The SMILES string of the molecule is CCCCC1CCCC1NCCCSC. The van der Waals surface area contributed by atoms with Crippen LogP contribution in [0.4, 0.5) is 0 Å². The maximum Gasteiger partial charge on any atom is 0.00953 e. The molecular formula is C13H27NS. The Morgan fingerprint density at radius 3 is 2.87 bits per heavy atom. The Bertz CT molecular complexity index is 149. The fourth-order valence-electron chi connectivity index (χ4n) is 2.62. The number of hydrogen-bond donors (Lipinski definition) is 1. The summed E-state index contributed by atoms with van der Waals surface area (Å²) >= 11 is 1.96. The topological polar surface area (TPSA) is 12.0 Å². The highest BCUT2D eigenvalue weighted by Gasteiger charge is 2.25. The summed E-state index contributed by atoms with van der Waals surface area (Å²) in [5.74, 6) is 2.29. The van der Waals surface area contributed by atoms with Crippen LogP contribution in [0.5, 0.6) is 0 Å². The van der Waals surface area contributed by atoms with Gasteiger partial charge in [-0.05, 0) is 50.2 Å². The lowest BCUT2D eigenvalue weighted by Gasteiger charge is -2.20. The molecule has 0 aliphatic heterocycles. The highest BCUT2D eigenvalue weighted by molar-refractivity contribution is 7.98. The zero-order valence-corrected chi connectivity index (χ0v) is 11.2. The third-order valence-electron chi connectivity index (χ3n) is 3.52. The van der Waals surface area contributed by atoms with Crippen LogP contribution in [0.1, 0.15) is 51.9 Å². The molecule has 1 aliphatic rings. The molecule has 2 unspecified atom stereocenters. The van der Waals surface area contributed by atoms with Crippen LogP contribution in [-0.4, -0.2) is 24.6 Å². The summed E-state index contributed by atoms with van der Waals surface area (Å²) < 4.78 is 0. The lowest BCUT2D eigenvalue weighted by molar-refractivity contribution is 0.371. The molecule has 2 heteroatoms. The predicted molar refractivity (Wildman–Crippen MR) is 71.7 cm³/mol. The Kier molecular flexibility index (Phi) is 7.54. The van der Waals surface area contributed by atoms with E-state index in [0.717, 1.165) is 12.0 Å². The van der Waals surface area contributed by atoms with Gasteiger partial charge in [-0.25, -0.2) is 0 Å². The van der Waals surface area contributed by atoms with Crippen LogP contribution in [0.3, 0.4) is 0 Å². The van der Waals surface area contributed by atoms with E-state index in [1.54, 1.807) is 0 Å². The van der Waals surface area contributed by atoms with Gasteiger partial charge in [0.1, 0.15) is 0 Å². The molecule has 1 N–H and O–H groups in total. The highest BCUT2D eigenvalue weighted by Crippen LogP contribution is 2.29. The lowest BCUT2D eigenvalue weighted by atomic mass is 9.97. The summed E-state index contributed by atoms with van der Waals surface area (Å²) in [7, 11) is 0. The Morgan fingerprint density at radius 1 is 1.27 bits per heavy atom. The standard InChI is InChI=1S/C13H27NS/c1-3-4-7-12-8-5-9-13(12)14-10-6-11-15-2/h12-14H,3-11H2,1-2H3. The van der Waals surface area contributed by atoms with Crippen molar-refractivity contribution in [2.24, 2.45) is 5.92 Å². The van der Waals surface area contributed by atoms with E-state index >= 15 is 0 Å². The molecule has 0 spiro atoms. The molecule has 0 aromatic rings. The number of thioether (sulfide) groups is 1. The van der Waals surface area contributed by atoms with Crippen molar-refractivity contribution in [3.63, 3.8) is 0 Å². The van der Waals surface area contributed by atoms with Crippen LogP contribution in [0.25, 0.3) is 0 Å². The van der Waals surface area contributed by atoms with Gasteiger partial charge in [-0.2, -0.15) is 11.8 Å². The van der Waals surface area contributed by atoms with Gasteiger partial charge in [-0.3, -0.25) is 0 Å². The number of rotatable bonds is 8. The molecule has 15 heavy (non-hydrogen) atoms. The first-order valence-electron chi connectivity index (χ1n) is 6.60. The van der Waals surface area contributed by atoms with Crippen molar-refractivity contribution in [2.45, 2.75) is 57.9 Å². The van der Waals surface area contributed by atoms with Crippen molar-refractivity contribution in [1.29, 1.82) is 0 Å². The third kappa shape index (κ3) is 5.26. The Balaban J connectivity index is 2.09. The predicted octanol–water partition coefficient (Wildman–Crippen LogP) is 3.69. The number of hydrogen-bond acceptors (Lipinski definition) is 2. The largest absolute Gasteiger partial charge is 0.314 e. The quantitative estimate of drug-likeness (QED) is 0.637. The second-order valence-electron chi connectivity index (χ2n) is 4.74. The lowest BCUT2D eigenvalue weighted by Crippen LogP contribution is -2.33. The van der Waals surface area contributed by atoms with Crippen molar-refractivity contribution in [3.05, 3.63) is 0 Å². The molecule has 0 heterocycles. The Hall–Kier alpha value is 0.310. The van der Waals surface area contributed by atoms with Gasteiger partial charge in [-0.15, -0.1) is 0 Å². The molecule has 1 saturated carbocycles. The zero-order chi connectivity index (χ0) is 10.9. The molecule has 0 amide bonds.